The Hall–Kier alpha value is -3.04. The van der Waals surface area contributed by atoms with E-state index >= 15 is 0 Å². The van der Waals surface area contributed by atoms with Crippen molar-refractivity contribution in [1.82, 2.24) is 10.6 Å². The number of rotatable bonds is 11. The van der Waals surface area contributed by atoms with Crippen molar-refractivity contribution >= 4 is 17.8 Å². The summed E-state index contributed by atoms with van der Waals surface area (Å²) < 4.78 is 13.1. The Balaban J connectivity index is 3.02. The quantitative estimate of drug-likeness (QED) is 0.347. The molecular formula is C22H32FN3O6. The summed E-state index contributed by atoms with van der Waals surface area (Å²) in [5.41, 5.74) is -0.284. The van der Waals surface area contributed by atoms with E-state index in [4.69, 9.17) is 0 Å². The number of hydrogen-bond acceptors (Lipinski definition) is 5. The first-order chi connectivity index (χ1) is 14.7. The van der Waals surface area contributed by atoms with Crippen LogP contribution in [0.25, 0.3) is 0 Å². The number of nitrogens with zero attached hydrogens (tertiary/aromatic N) is 1. The van der Waals surface area contributed by atoms with Gasteiger partial charge in [-0.15, -0.1) is 0 Å². The van der Waals surface area contributed by atoms with Gasteiger partial charge in [-0.25, -0.2) is 9.18 Å². The van der Waals surface area contributed by atoms with Crippen molar-refractivity contribution in [3.63, 3.8) is 0 Å². The highest BCUT2D eigenvalue weighted by atomic mass is 19.1. The summed E-state index contributed by atoms with van der Waals surface area (Å²) in [6.07, 6.45) is 0.192. The second-order valence-electron chi connectivity index (χ2n) is 9.38. The lowest BCUT2D eigenvalue weighted by Crippen LogP contribution is -2.58. The van der Waals surface area contributed by atoms with Crippen LogP contribution in [0.15, 0.2) is 24.3 Å². The number of benzene rings is 1. The average molecular weight is 454 g/mol. The highest BCUT2D eigenvalue weighted by molar-refractivity contribution is 5.91. The van der Waals surface area contributed by atoms with E-state index in [2.05, 4.69) is 10.6 Å². The minimum Gasteiger partial charge on any atom is -0.480 e. The minimum absolute atomic E-state index is 0.0275. The van der Waals surface area contributed by atoms with Gasteiger partial charge in [-0.1, -0.05) is 46.8 Å². The first-order valence-electron chi connectivity index (χ1n) is 10.4. The van der Waals surface area contributed by atoms with Crippen molar-refractivity contribution in [2.45, 2.75) is 59.5 Å². The van der Waals surface area contributed by atoms with Crippen LogP contribution in [0, 0.1) is 33.2 Å². The number of halogens is 1. The zero-order chi connectivity index (χ0) is 24.6. The smallest absolute Gasteiger partial charge is 0.326 e. The van der Waals surface area contributed by atoms with Gasteiger partial charge in [0.15, 0.2) is 0 Å². The van der Waals surface area contributed by atoms with Gasteiger partial charge < -0.3 is 15.7 Å². The van der Waals surface area contributed by atoms with E-state index in [0.717, 1.165) is 0 Å². The van der Waals surface area contributed by atoms with Crippen LogP contribution in [0.1, 0.15) is 46.6 Å². The SMILES string of the molecule is CC(C)C[C@H](C[N+](=O)[O-])C(=O)N[C@H](C(=O)N[C@@H](Cc1ccc(F)cc1)C(=O)O)C(C)(C)C. The van der Waals surface area contributed by atoms with Crippen molar-refractivity contribution in [3.05, 3.63) is 45.8 Å². The Morgan fingerprint density at radius 1 is 1.09 bits per heavy atom. The number of carboxylic acid groups (broad SMARTS) is 1. The van der Waals surface area contributed by atoms with Crippen LogP contribution < -0.4 is 10.6 Å². The Bertz CT molecular complexity index is 820. The van der Waals surface area contributed by atoms with Crippen LogP contribution in [0.3, 0.4) is 0 Å². The fraction of sp³-hybridized carbons (Fsp3) is 0.591. The zero-order valence-corrected chi connectivity index (χ0v) is 19.1. The molecule has 0 saturated heterocycles. The van der Waals surface area contributed by atoms with Gasteiger partial charge in [0.2, 0.25) is 18.4 Å². The van der Waals surface area contributed by atoms with E-state index in [1.54, 1.807) is 20.8 Å². The molecule has 3 atom stereocenters. The van der Waals surface area contributed by atoms with Crippen LogP contribution in [-0.4, -0.2) is 46.4 Å². The third-order valence-corrected chi connectivity index (χ3v) is 4.88. The van der Waals surface area contributed by atoms with Crippen LogP contribution in [0.4, 0.5) is 4.39 Å². The van der Waals surface area contributed by atoms with E-state index < -0.39 is 58.5 Å². The zero-order valence-electron chi connectivity index (χ0n) is 19.1. The fourth-order valence-electron chi connectivity index (χ4n) is 3.26. The molecule has 0 bridgehead atoms. The van der Waals surface area contributed by atoms with Gasteiger partial charge in [-0.2, -0.15) is 0 Å². The first kappa shape index (κ1) is 27.0. The van der Waals surface area contributed by atoms with Crippen LogP contribution in [0.5, 0.6) is 0 Å². The Kier molecular flexibility index (Phi) is 9.74. The first-order valence-corrected chi connectivity index (χ1v) is 10.4. The fourth-order valence-corrected chi connectivity index (χ4v) is 3.26. The molecule has 0 heterocycles. The number of hydrogen-bond donors (Lipinski definition) is 3. The second kappa shape index (κ2) is 11.5. The molecule has 1 aromatic carbocycles. The number of aliphatic carboxylic acids is 1. The molecule has 0 aliphatic heterocycles. The summed E-state index contributed by atoms with van der Waals surface area (Å²) >= 11 is 0. The molecular weight excluding hydrogens is 421 g/mol. The lowest BCUT2D eigenvalue weighted by molar-refractivity contribution is -0.486. The largest absolute Gasteiger partial charge is 0.480 e. The monoisotopic (exact) mass is 453 g/mol. The highest BCUT2D eigenvalue weighted by Crippen LogP contribution is 2.22. The molecule has 0 aliphatic rings. The molecule has 10 heteroatoms. The van der Waals surface area contributed by atoms with Crippen molar-refractivity contribution in [3.8, 4) is 0 Å². The van der Waals surface area contributed by atoms with Gasteiger partial charge in [0.25, 0.3) is 0 Å². The van der Waals surface area contributed by atoms with E-state index in [-0.39, 0.29) is 18.8 Å². The van der Waals surface area contributed by atoms with Crippen molar-refractivity contribution in [2.24, 2.45) is 17.3 Å². The lowest BCUT2D eigenvalue weighted by Gasteiger charge is -2.32. The van der Waals surface area contributed by atoms with E-state index in [1.165, 1.54) is 24.3 Å². The molecule has 178 valence electrons. The number of nitrogens with one attached hydrogen (secondary N) is 2. The van der Waals surface area contributed by atoms with Crippen molar-refractivity contribution in [2.75, 3.05) is 6.54 Å². The molecule has 0 fully saturated rings. The molecule has 32 heavy (non-hydrogen) atoms. The van der Waals surface area contributed by atoms with Gasteiger partial charge in [-0.3, -0.25) is 19.7 Å². The van der Waals surface area contributed by atoms with E-state index in [0.29, 0.717) is 5.56 Å². The van der Waals surface area contributed by atoms with Gasteiger partial charge in [0.05, 0.1) is 0 Å². The number of carboxylic acids is 1. The molecule has 0 aliphatic carbocycles. The molecule has 1 rings (SSSR count). The Morgan fingerprint density at radius 2 is 1.66 bits per heavy atom. The highest BCUT2D eigenvalue weighted by Gasteiger charge is 2.37. The normalized spacial score (nSPS) is 14.3. The molecule has 0 radical (unpaired) electrons. The minimum atomic E-state index is -1.31. The van der Waals surface area contributed by atoms with Crippen LogP contribution >= 0.6 is 0 Å². The number of nitro groups is 1. The number of amides is 2. The number of carbonyl (C=O) groups excluding carboxylic acids is 2. The Labute approximate surface area is 186 Å². The molecule has 0 aromatic heterocycles. The summed E-state index contributed by atoms with van der Waals surface area (Å²) in [6, 6.07) is 2.81. The number of carbonyl (C=O) groups is 3. The predicted octanol–water partition coefficient (Wildman–Crippen LogP) is 2.41. The van der Waals surface area contributed by atoms with Gasteiger partial charge >= 0.3 is 5.97 Å². The maximum absolute atomic E-state index is 13.1. The molecule has 9 nitrogen and oxygen atoms in total. The van der Waals surface area contributed by atoms with E-state index in [9.17, 15) is 34.0 Å². The maximum atomic E-state index is 13.1. The van der Waals surface area contributed by atoms with Crippen LogP contribution in [0.2, 0.25) is 0 Å². The standard InChI is InChI=1S/C22H32FN3O6/c1-13(2)10-15(12-26(31)32)19(27)25-18(22(3,4)5)20(28)24-17(21(29)30)11-14-6-8-16(23)9-7-14/h6-9,13,15,17-18H,10-12H2,1-5H3,(H,24,28)(H,25,27)(H,29,30)/t15-,17+,18-/m1/s1. The second-order valence-corrected chi connectivity index (χ2v) is 9.38. The predicted molar refractivity (Wildman–Crippen MR) is 116 cm³/mol. The molecule has 3 N–H and O–H groups in total. The van der Waals surface area contributed by atoms with Crippen molar-refractivity contribution in [1.29, 1.82) is 0 Å². The molecule has 0 saturated carbocycles. The van der Waals surface area contributed by atoms with Gasteiger partial charge in [0, 0.05) is 11.3 Å². The summed E-state index contributed by atoms with van der Waals surface area (Å²) in [6.45, 7) is 8.18. The summed E-state index contributed by atoms with van der Waals surface area (Å²) in [5, 5.41) is 25.5. The molecule has 1 aromatic rings. The average Bonchev–Trinajstić information content (AvgIpc) is 2.64. The Morgan fingerprint density at radius 3 is 2.09 bits per heavy atom. The van der Waals surface area contributed by atoms with E-state index in [1.807, 2.05) is 13.8 Å². The topological polar surface area (TPSA) is 139 Å². The summed E-state index contributed by atoms with van der Waals surface area (Å²) in [4.78, 5) is 47.9. The maximum Gasteiger partial charge on any atom is 0.326 e. The van der Waals surface area contributed by atoms with Gasteiger partial charge in [0.1, 0.15) is 23.8 Å². The third kappa shape index (κ3) is 8.99. The molecule has 2 amide bonds. The van der Waals surface area contributed by atoms with Crippen molar-refractivity contribution < 1.29 is 28.8 Å². The molecule has 0 unspecified atom stereocenters. The van der Waals surface area contributed by atoms with Crippen LogP contribution in [-0.2, 0) is 20.8 Å². The summed E-state index contributed by atoms with van der Waals surface area (Å²) in [7, 11) is 0. The lowest BCUT2D eigenvalue weighted by atomic mass is 9.85. The summed E-state index contributed by atoms with van der Waals surface area (Å²) in [5.74, 6) is -3.99. The van der Waals surface area contributed by atoms with Gasteiger partial charge in [-0.05, 0) is 35.4 Å². The third-order valence-electron chi connectivity index (χ3n) is 4.88. The molecule has 0 spiro atoms.